The van der Waals surface area contributed by atoms with Crippen LogP contribution in [0.25, 0.3) is 22.3 Å². The van der Waals surface area contributed by atoms with Crippen molar-refractivity contribution in [1.82, 2.24) is 0 Å². The highest BCUT2D eigenvalue weighted by atomic mass is 16.5. The van der Waals surface area contributed by atoms with Crippen LogP contribution in [0.5, 0.6) is 23.0 Å². The molecule has 1 heterocycles. The molecule has 3 rings (SSSR count). The zero-order valence-corrected chi connectivity index (χ0v) is 15.3. The lowest BCUT2D eigenvalue weighted by atomic mass is 10.1. The Morgan fingerprint density at radius 2 is 1.56 bits per heavy atom. The number of hydrogen-bond acceptors (Lipinski definition) is 6. The second-order valence-corrected chi connectivity index (χ2v) is 6.15. The summed E-state index contributed by atoms with van der Waals surface area (Å²) in [5.74, 6) is 0.266. The molecule has 1 aromatic heterocycles. The molecule has 0 radical (unpaired) electrons. The van der Waals surface area contributed by atoms with Gasteiger partial charge < -0.3 is 24.1 Å². The highest BCUT2D eigenvalue weighted by molar-refractivity contribution is 5.88. The van der Waals surface area contributed by atoms with Crippen LogP contribution in [0.1, 0.15) is 26.7 Å². The van der Waals surface area contributed by atoms with Crippen LogP contribution in [0, 0.1) is 0 Å². The molecule has 0 atom stereocenters. The average molecular weight is 370 g/mol. The van der Waals surface area contributed by atoms with E-state index in [2.05, 4.69) is 0 Å². The van der Waals surface area contributed by atoms with E-state index in [1.165, 1.54) is 12.1 Å². The standard InChI is InChI=1S/C21H22O6/c1-3-9-25-14-7-5-13(6-8-14)21-20(24)19(23)18-16(22)11-15(26-10-4-2)12-17(18)27-21/h5-8,11-12,22,24H,3-4,9-10H2,1-2H3. The molecule has 0 aliphatic heterocycles. The lowest BCUT2D eigenvalue weighted by Crippen LogP contribution is -2.04. The van der Waals surface area contributed by atoms with E-state index in [1.807, 2.05) is 13.8 Å². The Morgan fingerprint density at radius 1 is 0.926 bits per heavy atom. The smallest absolute Gasteiger partial charge is 0.238 e. The van der Waals surface area contributed by atoms with Gasteiger partial charge in [-0.1, -0.05) is 13.8 Å². The fourth-order valence-electron chi connectivity index (χ4n) is 2.69. The fourth-order valence-corrected chi connectivity index (χ4v) is 2.69. The monoisotopic (exact) mass is 370 g/mol. The Labute approximate surface area is 156 Å². The summed E-state index contributed by atoms with van der Waals surface area (Å²) in [5.41, 5.74) is -0.0305. The van der Waals surface area contributed by atoms with Crippen molar-refractivity contribution in [1.29, 1.82) is 0 Å². The van der Waals surface area contributed by atoms with Crippen molar-refractivity contribution in [3.8, 4) is 34.3 Å². The van der Waals surface area contributed by atoms with Gasteiger partial charge in [0.1, 0.15) is 28.2 Å². The first-order valence-electron chi connectivity index (χ1n) is 8.94. The van der Waals surface area contributed by atoms with Crippen molar-refractivity contribution in [2.24, 2.45) is 0 Å². The molecular weight excluding hydrogens is 348 g/mol. The molecular formula is C21H22O6. The second-order valence-electron chi connectivity index (χ2n) is 6.15. The van der Waals surface area contributed by atoms with Gasteiger partial charge in [0.05, 0.1) is 13.2 Å². The summed E-state index contributed by atoms with van der Waals surface area (Å²) in [4.78, 5) is 12.5. The molecule has 0 bridgehead atoms. The van der Waals surface area contributed by atoms with E-state index in [1.54, 1.807) is 24.3 Å². The molecule has 27 heavy (non-hydrogen) atoms. The first-order chi connectivity index (χ1) is 13.0. The summed E-state index contributed by atoms with van der Waals surface area (Å²) >= 11 is 0. The molecule has 0 amide bonds. The summed E-state index contributed by atoms with van der Waals surface area (Å²) in [6.07, 6.45) is 1.70. The molecule has 0 saturated heterocycles. The van der Waals surface area contributed by atoms with E-state index >= 15 is 0 Å². The van der Waals surface area contributed by atoms with Gasteiger partial charge in [-0.15, -0.1) is 0 Å². The third kappa shape index (κ3) is 3.84. The van der Waals surface area contributed by atoms with Crippen LogP contribution in [0.2, 0.25) is 0 Å². The number of phenolic OH excluding ortho intramolecular Hbond substituents is 1. The predicted octanol–water partition coefficient (Wildman–Crippen LogP) is 4.45. The van der Waals surface area contributed by atoms with Crippen LogP contribution in [0.4, 0.5) is 0 Å². The fraction of sp³-hybridized carbons (Fsp3) is 0.286. The van der Waals surface area contributed by atoms with E-state index in [9.17, 15) is 15.0 Å². The van der Waals surface area contributed by atoms with E-state index in [0.29, 0.717) is 30.3 Å². The maximum absolute atomic E-state index is 12.5. The van der Waals surface area contributed by atoms with Gasteiger partial charge in [0.15, 0.2) is 5.76 Å². The first-order valence-corrected chi connectivity index (χ1v) is 8.94. The van der Waals surface area contributed by atoms with Crippen LogP contribution in [0.15, 0.2) is 45.6 Å². The van der Waals surface area contributed by atoms with Gasteiger partial charge in [0.25, 0.3) is 0 Å². The van der Waals surface area contributed by atoms with E-state index in [-0.39, 0.29) is 22.5 Å². The van der Waals surface area contributed by atoms with Crippen molar-refractivity contribution in [2.45, 2.75) is 26.7 Å². The molecule has 0 saturated carbocycles. The van der Waals surface area contributed by atoms with E-state index in [4.69, 9.17) is 13.9 Å². The SMILES string of the molecule is CCCOc1ccc(-c2oc3cc(OCCC)cc(O)c3c(=O)c2O)cc1. The van der Waals surface area contributed by atoms with E-state index in [0.717, 1.165) is 12.8 Å². The molecule has 0 fully saturated rings. The number of aromatic hydroxyl groups is 2. The molecule has 0 spiro atoms. The Bertz CT molecular complexity index is 988. The van der Waals surface area contributed by atoms with Crippen LogP contribution in [-0.4, -0.2) is 23.4 Å². The third-order valence-corrected chi connectivity index (χ3v) is 3.99. The topological polar surface area (TPSA) is 89.1 Å². The summed E-state index contributed by atoms with van der Waals surface area (Å²) in [5, 5.41) is 20.4. The molecule has 6 nitrogen and oxygen atoms in total. The minimum atomic E-state index is -0.697. The van der Waals surface area contributed by atoms with Gasteiger partial charge in [0.2, 0.25) is 11.2 Å². The summed E-state index contributed by atoms with van der Waals surface area (Å²) in [6, 6.07) is 9.76. The quantitative estimate of drug-likeness (QED) is 0.639. The average Bonchev–Trinajstić information content (AvgIpc) is 2.67. The molecule has 2 aromatic carbocycles. The number of ether oxygens (including phenoxy) is 2. The highest BCUT2D eigenvalue weighted by Gasteiger charge is 2.19. The molecule has 142 valence electrons. The van der Waals surface area contributed by atoms with Gasteiger partial charge in [-0.05, 0) is 37.1 Å². The number of rotatable bonds is 7. The predicted molar refractivity (Wildman–Crippen MR) is 103 cm³/mol. The number of fused-ring (bicyclic) bond motifs is 1. The minimum Gasteiger partial charge on any atom is -0.507 e. The molecule has 0 aliphatic carbocycles. The maximum Gasteiger partial charge on any atom is 0.238 e. The summed E-state index contributed by atoms with van der Waals surface area (Å²) < 4.78 is 16.8. The van der Waals surface area contributed by atoms with Gasteiger partial charge in [0, 0.05) is 17.7 Å². The van der Waals surface area contributed by atoms with Crippen molar-refractivity contribution < 1.29 is 24.1 Å². The largest absolute Gasteiger partial charge is 0.507 e. The van der Waals surface area contributed by atoms with E-state index < -0.39 is 11.2 Å². The zero-order valence-electron chi connectivity index (χ0n) is 15.3. The Hall–Kier alpha value is -3.15. The first kappa shape index (κ1) is 18.6. The number of hydrogen-bond donors (Lipinski definition) is 2. The Morgan fingerprint density at radius 3 is 2.19 bits per heavy atom. The zero-order chi connectivity index (χ0) is 19.4. The lowest BCUT2D eigenvalue weighted by molar-refractivity contribution is 0.315. The molecule has 0 aliphatic rings. The molecule has 3 aromatic rings. The third-order valence-electron chi connectivity index (χ3n) is 3.99. The Balaban J connectivity index is 2.07. The minimum absolute atomic E-state index is 0.0292. The molecule has 2 N–H and O–H groups in total. The summed E-state index contributed by atoms with van der Waals surface area (Å²) in [6.45, 7) is 5.06. The molecule has 6 heteroatoms. The van der Waals surface area contributed by atoms with Crippen LogP contribution in [-0.2, 0) is 0 Å². The number of benzene rings is 2. The van der Waals surface area contributed by atoms with Gasteiger partial charge in [-0.25, -0.2) is 0 Å². The normalized spacial score (nSPS) is 10.9. The lowest BCUT2D eigenvalue weighted by Gasteiger charge is -2.10. The van der Waals surface area contributed by atoms with Crippen molar-refractivity contribution >= 4 is 11.0 Å². The van der Waals surface area contributed by atoms with Crippen LogP contribution < -0.4 is 14.9 Å². The van der Waals surface area contributed by atoms with Crippen molar-refractivity contribution in [2.75, 3.05) is 13.2 Å². The highest BCUT2D eigenvalue weighted by Crippen LogP contribution is 2.35. The van der Waals surface area contributed by atoms with Gasteiger partial charge >= 0.3 is 0 Å². The van der Waals surface area contributed by atoms with Gasteiger partial charge in [-0.3, -0.25) is 4.79 Å². The molecule has 0 unspecified atom stereocenters. The van der Waals surface area contributed by atoms with Gasteiger partial charge in [-0.2, -0.15) is 0 Å². The summed E-state index contributed by atoms with van der Waals surface area (Å²) in [7, 11) is 0. The van der Waals surface area contributed by atoms with Crippen molar-refractivity contribution in [3.63, 3.8) is 0 Å². The van der Waals surface area contributed by atoms with Crippen molar-refractivity contribution in [3.05, 3.63) is 46.6 Å². The number of phenols is 1. The van der Waals surface area contributed by atoms with Crippen LogP contribution >= 0.6 is 0 Å². The second kappa shape index (κ2) is 8.03. The maximum atomic E-state index is 12.5. The van der Waals surface area contributed by atoms with Crippen LogP contribution in [0.3, 0.4) is 0 Å². The Kier molecular flexibility index (Phi) is 5.54.